The average Bonchev–Trinajstić information content (AvgIpc) is 3.50. The van der Waals surface area contributed by atoms with E-state index in [1.807, 2.05) is 6.92 Å². The summed E-state index contributed by atoms with van der Waals surface area (Å²) in [5.74, 6) is -0.440. The van der Waals surface area contributed by atoms with Gasteiger partial charge in [0.25, 0.3) is 15.9 Å². The van der Waals surface area contributed by atoms with E-state index in [4.69, 9.17) is 5.73 Å². The van der Waals surface area contributed by atoms with Crippen LogP contribution in [0.25, 0.3) is 10.9 Å². The first kappa shape index (κ1) is 26.9. The number of piperazine rings is 1. The molecule has 1 saturated heterocycles. The number of hydrogen-bond acceptors (Lipinski definition) is 8. The molecule has 0 radical (unpaired) electrons. The number of thiazole rings is 1. The van der Waals surface area contributed by atoms with Gasteiger partial charge in [-0.2, -0.15) is 5.26 Å². The van der Waals surface area contributed by atoms with Crippen molar-refractivity contribution >= 4 is 43.3 Å². The van der Waals surface area contributed by atoms with E-state index in [0.717, 1.165) is 60.8 Å². The first-order valence-electron chi connectivity index (χ1n) is 12.8. The molecule has 202 valence electrons. The van der Waals surface area contributed by atoms with Crippen LogP contribution >= 0.6 is 11.3 Å². The molecule has 1 aliphatic rings. The lowest BCUT2D eigenvalue weighted by Gasteiger charge is -2.34. The van der Waals surface area contributed by atoms with Crippen molar-refractivity contribution in [3.8, 4) is 6.07 Å². The number of benzene rings is 2. The first-order chi connectivity index (χ1) is 18.7. The summed E-state index contributed by atoms with van der Waals surface area (Å²) in [6, 6.07) is 14.2. The molecule has 39 heavy (non-hydrogen) atoms. The minimum absolute atomic E-state index is 0.233. The number of amides is 1. The summed E-state index contributed by atoms with van der Waals surface area (Å²) in [4.78, 5) is 21.4. The summed E-state index contributed by atoms with van der Waals surface area (Å²) >= 11 is 1.35. The van der Waals surface area contributed by atoms with Gasteiger partial charge in [0.05, 0.1) is 27.7 Å². The average molecular weight is 563 g/mol. The van der Waals surface area contributed by atoms with Crippen LogP contribution in [0.1, 0.15) is 38.5 Å². The van der Waals surface area contributed by atoms with Gasteiger partial charge in [-0.15, -0.1) is 0 Å². The minimum atomic E-state index is -3.78. The van der Waals surface area contributed by atoms with Crippen LogP contribution in [0.2, 0.25) is 0 Å². The first-order valence-corrected chi connectivity index (χ1v) is 15.0. The maximum atomic E-state index is 13.5. The number of aryl methyl sites for hydroxylation is 3. The topological polar surface area (TPSA) is 125 Å². The molecule has 0 spiro atoms. The van der Waals surface area contributed by atoms with Gasteiger partial charge in [0, 0.05) is 37.8 Å². The number of carbonyl (C=O) groups is 1. The van der Waals surface area contributed by atoms with Gasteiger partial charge in [0.15, 0.2) is 5.13 Å². The number of anilines is 1. The molecular formula is C28H30N6O3S2. The van der Waals surface area contributed by atoms with Crippen molar-refractivity contribution in [3.63, 3.8) is 0 Å². The lowest BCUT2D eigenvalue weighted by Crippen LogP contribution is -2.46. The van der Waals surface area contributed by atoms with Crippen LogP contribution in [0.5, 0.6) is 0 Å². The minimum Gasteiger partial charge on any atom is -0.365 e. The summed E-state index contributed by atoms with van der Waals surface area (Å²) < 4.78 is 28.4. The highest BCUT2D eigenvalue weighted by atomic mass is 32.2. The van der Waals surface area contributed by atoms with Gasteiger partial charge in [-0.3, -0.25) is 9.69 Å². The van der Waals surface area contributed by atoms with Crippen molar-refractivity contribution in [2.45, 2.75) is 31.6 Å². The molecule has 2 aromatic heterocycles. The number of hydrogen-bond donors (Lipinski definition) is 1. The van der Waals surface area contributed by atoms with Crippen molar-refractivity contribution in [1.82, 2.24) is 13.9 Å². The van der Waals surface area contributed by atoms with Crippen molar-refractivity contribution in [2.75, 3.05) is 37.6 Å². The van der Waals surface area contributed by atoms with Gasteiger partial charge >= 0.3 is 0 Å². The number of nitrogens with two attached hydrogens (primary N) is 1. The van der Waals surface area contributed by atoms with Crippen LogP contribution in [-0.2, 0) is 16.4 Å². The standard InChI is InChI=1S/C28H30N6O3S2/c1-19-5-8-23(9-6-19)39(36,37)34-18-22(24-16-21(17-29)7-10-25(24)34)4-3-11-32-12-14-33(15-13-32)28-31-20(2)26(38-28)27(30)35/h5-10,16,18H,3-4,11-15H2,1-2H3,(H2,30,35). The summed E-state index contributed by atoms with van der Waals surface area (Å²) in [7, 11) is -3.78. The Kier molecular flexibility index (Phi) is 7.44. The number of rotatable bonds is 8. The van der Waals surface area contributed by atoms with E-state index in [-0.39, 0.29) is 4.90 Å². The van der Waals surface area contributed by atoms with E-state index in [9.17, 15) is 18.5 Å². The zero-order chi connectivity index (χ0) is 27.7. The monoisotopic (exact) mass is 562 g/mol. The van der Waals surface area contributed by atoms with Gasteiger partial charge in [0.2, 0.25) is 0 Å². The zero-order valence-corrected chi connectivity index (χ0v) is 23.6. The predicted molar refractivity (Wildman–Crippen MR) is 153 cm³/mol. The van der Waals surface area contributed by atoms with Gasteiger partial charge in [-0.05, 0) is 69.1 Å². The van der Waals surface area contributed by atoms with Gasteiger partial charge < -0.3 is 10.6 Å². The third-order valence-electron chi connectivity index (χ3n) is 7.13. The van der Waals surface area contributed by atoms with Crippen LogP contribution < -0.4 is 10.6 Å². The number of aromatic nitrogens is 2. The molecule has 3 heterocycles. The van der Waals surface area contributed by atoms with Crippen molar-refractivity contribution < 1.29 is 13.2 Å². The smallest absolute Gasteiger partial charge is 0.268 e. The van der Waals surface area contributed by atoms with Crippen LogP contribution in [0.15, 0.2) is 53.6 Å². The number of carbonyl (C=O) groups excluding carboxylic acids is 1. The SMILES string of the molecule is Cc1ccc(S(=O)(=O)n2cc(CCCN3CCN(c4nc(C)c(C(N)=O)s4)CC3)c3cc(C#N)ccc32)cc1. The lowest BCUT2D eigenvalue weighted by molar-refractivity contribution is 0.100. The zero-order valence-electron chi connectivity index (χ0n) is 21.9. The Hall–Kier alpha value is -3.72. The Bertz CT molecular complexity index is 1670. The van der Waals surface area contributed by atoms with Crippen molar-refractivity contribution in [1.29, 1.82) is 5.26 Å². The highest BCUT2D eigenvalue weighted by Gasteiger charge is 2.24. The van der Waals surface area contributed by atoms with Crippen LogP contribution in [-0.4, -0.2) is 60.9 Å². The lowest BCUT2D eigenvalue weighted by atomic mass is 10.1. The second kappa shape index (κ2) is 10.8. The molecule has 2 aromatic carbocycles. The Morgan fingerprint density at radius 2 is 1.82 bits per heavy atom. The molecule has 4 aromatic rings. The molecular weight excluding hydrogens is 532 g/mol. The van der Waals surface area contributed by atoms with Gasteiger partial charge in [0.1, 0.15) is 4.88 Å². The molecule has 1 aliphatic heterocycles. The summed E-state index contributed by atoms with van der Waals surface area (Å²) in [6.45, 7) is 7.95. The normalized spacial score (nSPS) is 14.5. The van der Waals surface area contributed by atoms with Crippen LogP contribution in [0, 0.1) is 25.2 Å². The Labute approximate surface area is 232 Å². The number of primary amides is 1. The quantitative estimate of drug-likeness (QED) is 0.347. The van der Waals surface area contributed by atoms with E-state index >= 15 is 0 Å². The molecule has 0 bridgehead atoms. The fraction of sp³-hybridized carbons (Fsp3) is 0.321. The molecule has 1 fully saturated rings. The Morgan fingerprint density at radius 1 is 1.10 bits per heavy atom. The molecule has 0 saturated carbocycles. The maximum absolute atomic E-state index is 13.5. The largest absolute Gasteiger partial charge is 0.365 e. The maximum Gasteiger partial charge on any atom is 0.268 e. The van der Waals surface area contributed by atoms with Crippen molar-refractivity contribution in [2.24, 2.45) is 5.73 Å². The molecule has 0 unspecified atom stereocenters. The second-order valence-electron chi connectivity index (χ2n) is 9.82. The highest BCUT2D eigenvalue weighted by Crippen LogP contribution is 2.29. The Balaban J connectivity index is 1.28. The van der Waals surface area contributed by atoms with E-state index in [2.05, 4.69) is 20.9 Å². The number of nitriles is 1. The Morgan fingerprint density at radius 3 is 2.46 bits per heavy atom. The fourth-order valence-corrected chi connectivity index (χ4v) is 7.32. The third-order valence-corrected chi connectivity index (χ3v) is 10.1. The highest BCUT2D eigenvalue weighted by molar-refractivity contribution is 7.90. The van der Waals surface area contributed by atoms with Crippen LogP contribution in [0.4, 0.5) is 5.13 Å². The summed E-state index contributed by atoms with van der Waals surface area (Å²) in [6.07, 6.45) is 3.25. The summed E-state index contributed by atoms with van der Waals surface area (Å²) in [5.41, 5.74) is 9.10. The summed E-state index contributed by atoms with van der Waals surface area (Å²) in [5, 5.41) is 11.1. The van der Waals surface area contributed by atoms with Gasteiger partial charge in [-0.1, -0.05) is 29.0 Å². The van der Waals surface area contributed by atoms with E-state index in [1.54, 1.807) is 55.6 Å². The van der Waals surface area contributed by atoms with Crippen molar-refractivity contribution in [3.05, 3.63) is 75.9 Å². The molecule has 2 N–H and O–H groups in total. The molecule has 0 aliphatic carbocycles. The molecule has 5 rings (SSSR count). The molecule has 11 heteroatoms. The second-order valence-corrected chi connectivity index (χ2v) is 12.6. The fourth-order valence-electron chi connectivity index (χ4n) is 4.96. The molecule has 0 atom stereocenters. The van der Waals surface area contributed by atoms with E-state index in [1.165, 1.54) is 15.3 Å². The third kappa shape index (κ3) is 5.41. The number of nitrogens with zero attached hydrogens (tertiary/aromatic N) is 5. The number of fused-ring (bicyclic) bond motifs is 1. The van der Waals surface area contributed by atoms with E-state index < -0.39 is 15.9 Å². The van der Waals surface area contributed by atoms with Gasteiger partial charge in [-0.25, -0.2) is 17.4 Å². The van der Waals surface area contributed by atoms with E-state index in [0.29, 0.717) is 28.1 Å². The van der Waals surface area contributed by atoms with Crippen LogP contribution in [0.3, 0.4) is 0 Å². The molecule has 1 amide bonds. The molecule has 9 nitrogen and oxygen atoms in total. The predicted octanol–water partition coefficient (Wildman–Crippen LogP) is 3.68.